The molecule has 0 aromatic heterocycles. The van der Waals surface area contributed by atoms with E-state index >= 15 is 0 Å². The first-order valence-corrected chi connectivity index (χ1v) is 10.3. The summed E-state index contributed by atoms with van der Waals surface area (Å²) in [5, 5.41) is 11.1. The van der Waals surface area contributed by atoms with E-state index in [1.165, 1.54) is 35.1 Å². The third-order valence-electron chi connectivity index (χ3n) is 5.03. The number of non-ortho nitro benzene ring substituents is 1. The number of fused-ring (bicyclic) bond motifs is 1. The average molecular weight is 403 g/mol. The highest BCUT2D eigenvalue weighted by atomic mass is 32.2. The van der Waals surface area contributed by atoms with Gasteiger partial charge >= 0.3 is 6.03 Å². The summed E-state index contributed by atoms with van der Waals surface area (Å²) < 4.78 is 30.0. The highest BCUT2D eigenvalue weighted by Crippen LogP contribution is 2.41. The molecule has 0 saturated carbocycles. The normalized spacial score (nSPS) is 23.0. The molecule has 2 fully saturated rings. The maximum absolute atomic E-state index is 13.3. The molecule has 2 atom stereocenters. The zero-order valence-corrected chi connectivity index (χ0v) is 15.7. The minimum Gasteiger partial charge on any atom is -0.495 e. The van der Waals surface area contributed by atoms with Crippen LogP contribution in [0.5, 0.6) is 5.75 Å². The van der Waals surface area contributed by atoms with E-state index < -0.39 is 32.9 Å². The lowest BCUT2D eigenvalue weighted by atomic mass is 10.1. The fourth-order valence-corrected chi connectivity index (χ4v) is 5.79. The van der Waals surface area contributed by atoms with Crippen molar-refractivity contribution >= 4 is 32.9 Å². The summed E-state index contributed by atoms with van der Waals surface area (Å²) in [4.78, 5) is 26.7. The number of amides is 2. The van der Waals surface area contributed by atoms with E-state index in [9.17, 15) is 23.3 Å². The molecule has 0 radical (unpaired) electrons. The standard InChI is InChI=1S/C18H17N3O6S/c1-27-17-8-3-2-7-14(17)20-16-11-28(25,26)10-15(16)19(18(20)22)12-5-4-6-13(9-12)21(23)24/h2-9,15-16H,10-11H2,1H3/t15-,16-/m1/s1. The summed E-state index contributed by atoms with van der Waals surface area (Å²) in [5.41, 5.74) is 0.595. The molecule has 2 aliphatic rings. The van der Waals surface area contributed by atoms with Gasteiger partial charge in [-0.15, -0.1) is 0 Å². The number of benzene rings is 2. The minimum atomic E-state index is -3.37. The fraction of sp³-hybridized carbons (Fsp3) is 0.278. The van der Waals surface area contributed by atoms with Crippen LogP contribution in [0, 0.1) is 10.1 Å². The molecule has 2 heterocycles. The summed E-state index contributed by atoms with van der Waals surface area (Å²) in [6.07, 6.45) is 0. The number of hydrogen-bond donors (Lipinski definition) is 0. The number of sulfone groups is 1. The quantitative estimate of drug-likeness (QED) is 0.440. The van der Waals surface area contributed by atoms with Crippen molar-refractivity contribution in [3.05, 3.63) is 58.6 Å². The summed E-state index contributed by atoms with van der Waals surface area (Å²) >= 11 is 0. The fourth-order valence-electron chi connectivity index (χ4n) is 3.87. The van der Waals surface area contributed by atoms with Gasteiger partial charge in [-0.3, -0.25) is 19.9 Å². The van der Waals surface area contributed by atoms with Crippen molar-refractivity contribution in [2.24, 2.45) is 0 Å². The first-order chi connectivity index (χ1) is 13.3. The Balaban J connectivity index is 1.84. The van der Waals surface area contributed by atoms with E-state index in [0.717, 1.165) is 0 Å². The Labute approximate surface area is 161 Å². The summed E-state index contributed by atoms with van der Waals surface area (Å²) in [5.74, 6) is 0.0738. The van der Waals surface area contributed by atoms with E-state index in [1.54, 1.807) is 30.3 Å². The van der Waals surface area contributed by atoms with Gasteiger partial charge in [0.15, 0.2) is 9.84 Å². The number of methoxy groups -OCH3 is 1. The molecule has 2 amide bonds. The zero-order valence-electron chi connectivity index (χ0n) is 14.9. The van der Waals surface area contributed by atoms with Crippen LogP contribution in [0.15, 0.2) is 48.5 Å². The highest BCUT2D eigenvalue weighted by molar-refractivity contribution is 7.91. The Morgan fingerprint density at radius 1 is 1.07 bits per heavy atom. The molecule has 9 nitrogen and oxygen atoms in total. The Hall–Kier alpha value is -3.14. The molecule has 2 aromatic carbocycles. The monoisotopic (exact) mass is 403 g/mol. The van der Waals surface area contributed by atoms with Crippen molar-refractivity contribution in [1.29, 1.82) is 0 Å². The van der Waals surface area contributed by atoms with Gasteiger partial charge in [0, 0.05) is 12.1 Å². The summed E-state index contributed by atoms with van der Waals surface area (Å²) in [6, 6.07) is 10.9. The van der Waals surface area contributed by atoms with Crippen LogP contribution in [0.3, 0.4) is 0 Å². The Morgan fingerprint density at radius 3 is 2.43 bits per heavy atom. The molecule has 0 spiro atoms. The number of urea groups is 1. The summed E-state index contributed by atoms with van der Waals surface area (Å²) in [6.45, 7) is 0. The van der Waals surface area contributed by atoms with Crippen LogP contribution in [0.4, 0.5) is 21.9 Å². The SMILES string of the molecule is COc1ccccc1N1C(=O)N(c2cccc([N+](=O)[O-])c2)[C@@H]2CS(=O)(=O)C[C@H]21. The molecule has 10 heteroatoms. The van der Waals surface area contributed by atoms with Gasteiger partial charge in [-0.25, -0.2) is 13.2 Å². The number of rotatable bonds is 4. The third-order valence-corrected chi connectivity index (χ3v) is 6.73. The minimum absolute atomic E-state index is 0.168. The largest absolute Gasteiger partial charge is 0.495 e. The molecule has 4 rings (SSSR count). The second kappa shape index (κ2) is 6.48. The molecule has 0 aliphatic carbocycles. The first kappa shape index (κ1) is 18.2. The number of hydrogen-bond acceptors (Lipinski definition) is 6. The van der Waals surface area contributed by atoms with Gasteiger partial charge in [-0.05, 0) is 18.2 Å². The molecule has 0 N–H and O–H groups in total. The lowest BCUT2D eigenvalue weighted by Gasteiger charge is -2.24. The first-order valence-electron chi connectivity index (χ1n) is 8.53. The van der Waals surface area contributed by atoms with E-state index in [-0.39, 0.29) is 17.2 Å². The van der Waals surface area contributed by atoms with Gasteiger partial charge < -0.3 is 4.74 Å². The van der Waals surface area contributed by atoms with Crippen LogP contribution >= 0.6 is 0 Å². The van der Waals surface area contributed by atoms with E-state index in [2.05, 4.69) is 0 Å². The topological polar surface area (TPSA) is 110 Å². The number of carbonyl (C=O) groups is 1. The van der Waals surface area contributed by atoms with Crippen molar-refractivity contribution in [1.82, 2.24) is 0 Å². The molecule has 2 saturated heterocycles. The smallest absolute Gasteiger partial charge is 0.329 e. The van der Waals surface area contributed by atoms with Crippen LogP contribution in [0.25, 0.3) is 0 Å². The molecule has 146 valence electrons. The maximum atomic E-state index is 13.3. The second-order valence-corrected chi connectivity index (χ2v) is 8.84. The van der Waals surface area contributed by atoms with Gasteiger partial charge in [-0.1, -0.05) is 18.2 Å². The number of nitrogens with zero attached hydrogens (tertiary/aromatic N) is 3. The molecule has 0 unspecified atom stereocenters. The van der Waals surface area contributed by atoms with Crippen molar-refractivity contribution in [3.8, 4) is 5.75 Å². The summed E-state index contributed by atoms with van der Waals surface area (Å²) in [7, 11) is -1.89. The molecular weight excluding hydrogens is 386 g/mol. The van der Waals surface area contributed by atoms with E-state index in [4.69, 9.17) is 4.74 Å². The van der Waals surface area contributed by atoms with E-state index in [1.807, 2.05) is 0 Å². The number of ether oxygens (including phenoxy) is 1. The predicted molar refractivity (Wildman–Crippen MR) is 103 cm³/mol. The van der Waals surface area contributed by atoms with Crippen molar-refractivity contribution < 1.29 is 22.9 Å². The highest BCUT2D eigenvalue weighted by Gasteiger charge is 2.55. The van der Waals surface area contributed by atoms with Crippen LogP contribution in [-0.4, -0.2) is 50.1 Å². The molecular formula is C18H17N3O6S. The van der Waals surface area contributed by atoms with Gasteiger partial charge in [0.05, 0.1) is 47.0 Å². The van der Waals surface area contributed by atoms with Crippen LogP contribution in [0.1, 0.15) is 0 Å². The number of carbonyl (C=O) groups excluding carboxylic acids is 1. The number of anilines is 2. The molecule has 0 bridgehead atoms. The van der Waals surface area contributed by atoms with Crippen molar-refractivity contribution in [2.75, 3.05) is 28.4 Å². The average Bonchev–Trinajstić information content (AvgIpc) is 3.10. The zero-order chi connectivity index (χ0) is 20.1. The van der Waals surface area contributed by atoms with Gasteiger partial charge in [0.2, 0.25) is 0 Å². The number of nitro groups is 1. The van der Waals surface area contributed by atoms with Crippen LogP contribution in [-0.2, 0) is 9.84 Å². The van der Waals surface area contributed by atoms with Gasteiger partial charge in [0.25, 0.3) is 5.69 Å². The number of nitro benzene ring substituents is 1. The molecule has 28 heavy (non-hydrogen) atoms. The van der Waals surface area contributed by atoms with Crippen molar-refractivity contribution in [3.63, 3.8) is 0 Å². The van der Waals surface area contributed by atoms with Crippen LogP contribution in [0.2, 0.25) is 0 Å². The Bertz CT molecular complexity index is 1070. The molecule has 2 aromatic rings. The lowest BCUT2D eigenvalue weighted by Crippen LogP contribution is -2.38. The second-order valence-electron chi connectivity index (χ2n) is 6.68. The van der Waals surface area contributed by atoms with E-state index in [0.29, 0.717) is 17.1 Å². The molecule has 2 aliphatic heterocycles. The van der Waals surface area contributed by atoms with Gasteiger partial charge in [-0.2, -0.15) is 0 Å². The Morgan fingerprint density at radius 2 is 1.75 bits per heavy atom. The maximum Gasteiger partial charge on any atom is 0.329 e. The third kappa shape index (κ3) is 2.85. The lowest BCUT2D eigenvalue weighted by molar-refractivity contribution is -0.384. The van der Waals surface area contributed by atoms with Gasteiger partial charge in [0.1, 0.15) is 5.75 Å². The van der Waals surface area contributed by atoms with Crippen LogP contribution < -0.4 is 14.5 Å². The van der Waals surface area contributed by atoms with Crippen molar-refractivity contribution in [2.45, 2.75) is 12.1 Å². The number of para-hydroxylation sites is 2. The predicted octanol–water partition coefficient (Wildman–Crippen LogP) is 2.22. The Kier molecular flexibility index (Phi) is 4.22.